The Morgan fingerprint density at radius 3 is 2.68 bits per heavy atom. The van der Waals surface area contributed by atoms with E-state index < -0.39 is 0 Å². The normalized spacial score (nSPS) is 11.0. The summed E-state index contributed by atoms with van der Waals surface area (Å²) >= 11 is 15.2. The van der Waals surface area contributed by atoms with Crippen molar-refractivity contribution >= 4 is 56.9 Å². The van der Waals surface area contributed by atoms with Crippen LogP contribution in [-0.4, -0.2) is 20.7 Å². The number of thiophene rings is 1. The van der Waals surface area contributed by atoms with Gasteiger partial charge in [-0.25, -0.2) is 9.67 Å². The topological polar surface area (TPSA) is 59.8 Å². The lowest BCUT2D eigenvalue weighted by molar-refractivity contribution is 0.102. The standard InChI is InChI=1S/C19H14Cl2N4OS2/c1-11-16(17(21)25(24-11)9-12-5-3-2-4-6-12)18(26)23-19-22-13(10-27-19)14-7-8-15(20)28-14/h2-8,10H,9H2,1H3,(H,22,23,26). The van der Waals surface area contributed by atoms with E-state index in [1.54, 1.807) is 11.6 Å². The molecule has 0 aliphatic heterocycles. The maximum atomic E-state index is 12.8. The molecule has 0 spiro atoms. The first-order chi connectivity index (χ1) is 13.5. The molecule has 0 saturated carbocycles. The Labute approximate surface area is 179 Å². The van der Waals surface area contributed by atoms with Crippen LogP contribution in [0.1, 0.15) is 21.6 Å². The smallest absolute Gasteiger partial charge is 0.262 e. The van der Waals surface area contributed by atoms with E-state index in [1.165, 1.54) is 22.7 Å². The van der Waals surface area contributed by atoms with Crippen LogP contribution in [0.5, 0.6) is 0 Å². The van der Waals surface area contributed by atoms with Gasteiger partial charge in [0.05, 0.1) is 32.7 Å². The van der Waals surface area contributed by atoms with Crippen molar-refractivity contribution in [3.63, 3.8) is 0 Å². The summed E-state index contributed by atoms with van der Waals surface area (Å²) in [7, 11) is 0. The third-order valence-electron chi connectivity index (χ3n) is 4.02. The summed E-state index contributed by atoms with van der Waals surface area (Å²) in [6.07, 6.45) is 0. The van der Waals surface area contributed by atoms with Gasteiger partial charge in [0.15, 0.2) is 5.13 Å². The van der Waals surface area contributed by atoms with Crippen molar-refractivity contribution in [2.24, 2.45) is 0 Å². The fourth-order valence-electron chi connectivity index (χ4n) is 2.73. The molecule has 1 N–H and O–H groups in total. The van der Waals surface area contributed by atoms with E-state index in [0.717, 1.165) is 16.1 Å². The molecule has 0 saturated heterocycles. The molecule has 3 aromatic heterocycles. The van der Waals surface area contributed by atoms with Gasteiger partial charge in [-0.1, -0.05) is 53.5 Å². The van der Waals surface area contributed by atoms with Gasteiger partial charge in [0.2, 0.25) is 0 Å². The van der Waals surface area contributed by atoms with Crippen LogP contribution in [-0.2, 0) is 6.54 Å². The predicted octanol–water partition coefficient (Wildman–Crippen LogP) is 5.98. The molecule has 0 atom stereocenters. The van der Waals surface area contributed by atoms with Crippen LogP contribution in [0.15, 0.2) is 47.8 Å². The van der Waals surface area contributed by atoms with Gasteiger partial charge in [-0.05, 0) is 24.6 Å². The molecule has 0 aliphatic carbocycles. The third-order valence-corrected chi connectivity index (χ3v) is 6.41. The SMILES string of the molecule is Cc1nn(Cc2ccccc2)c(Cl)c1C(=O)Nc1nc(-c2ccc(Cl)s2)cs1. The third kappa shape index (κ3) is 3.98. The first-order valence-electron chi connectivity index (χ1n) is 8.30. The number of hydrogen-bond donors (Lipinski definition) is 1. The van der Waals surface area contributed by atoms with E-state index in [0.29, 0.717) is 32.4 Å². The van der Waals surface area contributed by atoms with E-state index in [-0.39, 0.29) is 5.91 Å². The number of amides is 1. The van der Waals surface area contributed by atoms with Crippen LogP contribution in [0, 0.1) is 6.92 Å². The Balaban J connectivity index is 1.53. The molecule has 0 unspecified atom stereocenters. The van der Waals surface area contributed by atoms with Gasteiger partial charge in [0, 0.05) is 5.38 Å². The van der Waals surface area contributed by atoms with E-state index in [4.69, 9.17) is 23.2 Å². The summed E-state index contributed by atoms with van der Waals surface area (Å²) in [5.41, 5.74) is 2.76. The summed E-state index contributed by atoms with van der Waals surface area (Å²) in [5.74, 6) is -0.327. The number of rotatable bonds is 5. The van der Waals surface area contributed by atoms with Crippen LogP contribution in [0.3, 0.4) is 0 Å². The molecule has 0 fully saturated rings. The Bertz CT molecular complexity index is 1130. The van der Waals surface area contributed by atoms with E-state index in [1.807, 2.05) is 47.8 Å². The van der Waals surface area contributed by atoms with Gasteiger partial charge in [0.1, 0.15) is 5.15 Å². The minimum Gasteiger partial charge on any atom is -0.298 e. The molecule has 142 valence electrons. The number of benzene rings is 1. The highest BCUT2D eigenvalue weighted by atomic mass is 35.5. The number of carbonyl (C=O) groups excluding carboxylic acids is 1. The average molecular weight is 449 g/mol. The first kappa shape index (κ1) is 19.1. The molecule has 0 radical (unpaired) electrons. The number of aryl methyl sites for hydroxylation is 1. The Kier molecular flexibility index (Phi) is 5.50. The van der Waals surface area contributed by atoms with Gasteiger partial charge in [-0.15, -0.1) is 22.7 Å². The quantitative estimate of drug-likeness (QED) is 0.408. The monoisotopic (exact) mass is 448 g/mol. The number of nitrogens with one attached hydrogen (secondary N) is 1. The summed E-state index contributed by atoms with van der Waals surface area (Å²) in [4.78, 5) is 18.2. The largest absolute Gasteiger partial charge is 0.298 e. The van der Waals surface area contributed by atoms with Crippen LogP contribution in [0.25, 0.3) is 10.6 Å². The highest BCUT2D eigenvalue weighted by Crippen LogP contribution is 2.33. The van der Waals surface area contributed by atoms with Crippen molar-refractivity contribution in [2.45, 2.75) is 13.5 Å². The number of hydrogen-bond acceptors (Lipinski definition) is 5. The van der Waals surface area contributed by atoms with E-state index in [9.17, 15) is 4.79 Å². The number of thiazole rings is 1. The van der Waals surface area contributed by atoms with Gasteiger partial charge >= 0.3 is 0 Å². The molecule has 0 aliphatic rings. The number of aromatic nitrogens is 3. The summed E-state index contributed by atoms with van der Waals surface area (Å²) < 4.78 is 2.32. The minimum atomic E-state index is -0.327. The van der Waals surface area contributed by atoms with Crippen LogP contribution in [0.2, 0.25) is 9.49 Å². The highest BCUT2D eigenvalue weighted by molar-refractivity contribution is 7.20. The average Bonchev–Trinajstić information content (AvgIpc) is 3.36. The number of carbonyl (C=O) groups is 1. The van der Waals surface area contributed by atoms with Gasteiger partial charge in [0.25, 0.3) is 5.91 Å². The molecule has 1 aromatic carbocycles. The predicted molar refractivity (Wildman–Crippen MR) is 116 cm³/mol. The molecule has 4 rings (SSSR count). The maximum absolute atomic E-state index is 12.8. The highest BCUT2D eigenvalue weighted by Gasteiger charge is 2.21. The fourth-order valence-corrected chi connectivity index (χ4v) is 4.83. The van der Waals surface area contributed by atoms with Crippen LogP contribution < -0.4 is 5.32 Å². The zero-order chi connectivity index (χ0) is 19.7. The summed E-state index contributed by atoms with van der Waals surface area (Å²) in [6.45, 7) is 2.26. The number of anilines is 1. The molecular formula is C19H14Cl2N4OS2. The Morgan fingerprint density at radius 2 is 1.96 bits per heavy atom. The van der Waals surface area contributed by atoms with Crippen molar-refractivity contribution in [1.82, 2.24) is 14.8 Å². The van der Waals surface area contributed by atoms with Crippen molar-refractivity contribution in [3.8, 4) is 10.6 Å². The number of nitrogens with zero attached hydrogens (tertiary/aromatic N) is 3. The van der Waals surface area contributed by atoms with Crippen molar-refractivity contribution < 1.29 is 4.79 Å². The molecule has 3 heterocycles. The number of halogens is 2. The van der Waals surface area contributed by atoms with Gasteiger partial charge in [-0.2, -0.15) is 5.10 Å². The molecule has 4 aromatic rings. The molecule has 9 heteroatoms. The molecule has 0 bridgehead atoms. The maximum Gasteiger partial charge on any atom is 0.262 e. The zero-order valence-corrected chi connectivity index (χ0v) is 17.8. The van der Waals surface area contributed by atoms with Gasteiger partial charge < -0.3 is 0 Å². The lowest BCUT2D eigenvalue weighted by atomic mass is 10.2. The summed E-state index contributed by atoms with van der Waals surface area (Å²) in [5, 5.41) is 9.92. The Morgan fingerprint density at radius 1 is 1.18 bits per heavy atom. The van der Waals surface area contributed by atoms with Crippen molar-refractivity contribution in [1.29, 1.82) is 0 Å². The van der Waals surface area contributed by atoms with E-state index >= 15 is 0 Å². The van der Waals surface area contributed by atoms with Crippen molar-refractivity contribution in [3.05, 3.63) is 74.2 Å². The van der Waals surface area contributed by atoms with Crippen molar-refractivity contribution in [2.75, 3.05) is 5.32 Å². The zero-order valence-electron chi connectivity index (χ0n) is 14.6. The molecule has 1 amide bonds. The fraction of sp³-hybridized carbons (Fsp3) is 0.105. The second-order valence-corrected chi connectivity index (χ2v) is 8.92. The van der Waals surface area contributed by atoms with Gasteiger partial charge in [-0.3, -0.25) is 10.1 Å². The lowest BCUT2D eigenvalue weighted by Gasteiger charge is -2.04. The van der Waals surface area contributed by atoms with E-state index in [2.05, 4.69) is 15.4 Å². The minimum absolute atomic E-state index is 0.306. The Hall–Kier alpha value is -2.19. The molecule has 5 nitrogen and oxygen atoms in total. The molecule has 28 heavy (non-hydrogen) atoms. The summed E-state index contributed by atoms with van der Waals surface area (Å²) in [6, 6.07) is 13.6. The molecular weight excluding hydrogens is 435 g/mol. The van der Waals surface area contributed by atoms with Crippen LogP contribution in [0.4, 0.5) is 5.13 Å². The second kappa shape index (κ2) is 8.05. The first-order valence-corrected chi connectivity index (χ1v) is 10.8. The second-order valence-electron chi connectivity index (χ2n) is 5.99. The van der Waals surface area contributed by atoms with Crippen LogP contribution >= 0.6 is 45.9 Å². The lowest BCUT2D eigenvalue weighted by Crippen LogP contribution is -2.13.